The number of unbranched alkanes of at least 4 members (excludes halogenated alkanes) is 5. The average molecular weight is 237 g/mol. The minimum atomic E-state index is 0.253. The van der Waals surface area contributed by atoms with Gasteiger partial charge in [-0.1, -0.05) is 71.6 Å². The van der Waals surface area contributed by atoms with Crippen LogP contribution in [0.15, 0.2) is 0 Å². The number of hydrogen-bond acceptors (Lipinski definition) is 1. The van der Waals surface area contributed by atoms with E-state index >= 15 is 0 Å². The topological polar surface area (TPSA) is 23.8 Å². The van der Waals surface area contributed by atoms with Gasteiger partial charge < -0.3 is 0 Å². The van der Waals surface area contributed by atoms with Crippen molar-refractivity contribution in [3.05, 3.63) is 0 Å². The van der Waals surface area contributed by atoms with Crippen molar-refractivity contribution in [2.75, 3.05) is 0 Å². The number of hydrogen-bond donors (Lipinski definition) is 0. The van der Waals surface area contributed by atoms with Gasteiger partial charge in [-0.15, -0.1) is 0 Å². The van der Waals surface area contributed by atoms with Gasteiger partial charge in [0, 0.05) is 5.92 Å². The van der Waals surface area contributed by atoms with Crippen molar-refractivity contribution < 1.29 is 0 Å². The van der Waals surface area contributed by atoms with Gasteiger partial charge in [0.2, 0.25) is 0 Å². The molecule has 0 aromatic rings. The van der Waals surface area contributed by atoms with Crippen LogP contribution in [-0.2, 0) is 0 Å². The van der Waals surface area contributed by atoms with Gasteiger partial charge in [0.1, 0.15) is 0 Å². The molecule has 0 aliphatic carbocycles. The highest BCUT2D eigenvalue weighted by Gasteiger charge is 2.02. The lowest BCUT2D eigenvalue weighted by Crippen LogP contribution is -1.95. The van der Waals surface area contributed by atoms with Crippen LogP contribution in [0.25, 0.3) is 0 Å². The Morgan fingerprint density at radius 3 is 1.88 bits per heavy atom. The van der Waals surface area contributed by atoms with E-state index in [1.807, 2.05) is 6.92 Å². The van der Waals surface area contributed by atoms with E-state index < -0.39 is 0 Å². The molecule has 0 aliphatic heterocycles. The molecule has 0 N–H and O–H groups in total. The van der Waals surface area contributed by atoms with Gasteiger partial charge in [-0.2, -0.15) is 5.26 Å². The van der Waals surface area contributed by atoms with Crippen LogP contribution >= 0.6 is 0 Å². The van der Waals surface area contributed by atoms with Gasteiger partial charge in [-0.25, -0.2) is 0 Å². The second-order valence-electron chi connectivity index (χ2n) is 5.62. The summed E-state index contributed by atoms with van der Waals surface area (Å²) in [5.74, 6) is 1.17. The lowest BCUT2D eigenvalue weighted by atomic mass is 9.96. The zero-order chi connectivity index (χ0) is 12.9. The Morgan fingerprint density at radius 2 is 1.35 bits per heavy atom. The Labute approximate surface area is 109 Å². The second kappa shape index (κ2) is 12.0. The first-order valence-electron chi connectivity index (χ1n) is 7.60. The molecule has 17 heavy (non-hydrogen) atoms. The molecule has 0 saturated carbocycles. The third-order valence-electron chi connectivity index (χ3n) is 3.60. The highest BCUT2D eigenvalue weighted by Crippen LogP contribution is 2.17. The van der Waals surface area contributed by atoms with Crippen molar-refractivity contribution in [3.8, 4) is 6.07 Å². The molecule has 0 amide bonds. The third-order valence-corrected chi connectivity index (χ3v) is 3.60. The molecule has 1 nitrogen and oxygen atoms in total. The van der Waals surface area contributed by atoms with Gasteiger partial charge >= 0.3 is 0 Å². The Balaban J connectivity index is 3.19. The second-order valence-corrected chi connectivity index (χ2v) is 5.62. The van der Waals surface area contributed by atoms with Gasteiger partial charge in [-0.3, -0.25) is 0 Å². The van der Waals surface area contributed by atoms with E-state index in [1.165, 1.54) is 57.8 Å². The van der Waals surface area contributed by atoms with Crippen LogP contribution in [0.4, 0.5) is 0 Å². The molecule has 2 unspecified atom stereocenters. The van der Waals surface area contributed by atoms with Crippen LogP contribution in [0.1, 0.15) is 85.0 Å². The third kappa shape index (κ3) is 11.7. The van der Waals surface area contributed by atoms with Gasteiger partial charge in [0.15, 0.2) is 0 Å². The molecule has 0 bridgehead atoms. The number of nitriles is 1. The summed E-state index contributed by atoms with van der Waals surface area (Å²) < 4.78 is 0. The monoisotopic (exact) mass is 237 g/mol. The highest BCUT2D eigenvalue weighted by atomic mass is 14.3. The molecule has 100 valence electrons. The molecule has 0 rings (SSSR count). The first kappa shape index (κ1) is 16.5. The van der Waals surface area contributed by atoms with E-state index in [0.29, 0.717) is 0 Å². The van der Waals surface area contributed by atoms with E-state index in [2.05, 4.69) is 19.9 Å². The molecule has 0 fully saturated rings. The number of nitrogens with zero attached hydrogens (tertiary/aromatic N) is 1. The van der Waals surface area contributed by atoms with Crippen LogP contribution in [0, 0.1) is 23.2 Å². The first-order valence-corrected chi connectivity index (χ1v) is 7.60. The van der Waals surface area contributed by atoms with Crippen molar-refractivity contribution in [1.29, 1.82) is 5.26 Å². The predicted octanol–water partition coefficient (Wildman–Crippen LogP) is 5.70. The van der Waals surface area contributed by atoms with Gasteiger partial charge in [-0.05, 0) is 19.3 Å². The summed E-state index contributed by atoms with van der Waals surface area (Å²) in [7, 11) is 0. The van der Waals surface area contributed by atoms with Crippen molar-refractivity contribution in [2.24, 2.45) is 11.8 Å². The average Bonchev–Trinajstić information content (AvgIpc) is 2.33. The molecule has 0 radical (unpaired) electrons. The van der Waals surface area contributed by atoms with E-state index in [9.17, 15) is 0 Å². The van der Waals surface area contributed by atoms with Crippen molar-refractivity contribution >= 4 is 0 Å². The maximum absolute atomic E-state index is 8.66. The lowest BCUT2D eigenvalue weighted by molar-refractivity contribution is 0.434. The van der Waals surface area contributed by atoms with Gasteiger partial charge in [0.05, 0.1) is 6.07 Å². The first-order chi connectivity index (χ1) is 8.20. The SMILES string of the molecule is CCCCCC(C)CCCCCCC(C)C#N. The smallest absolute Gasteiger partial charge is 0.0652 e. The molecule has 0 heterocycles. The summed E-state index contributed by atoms with van der Waals surface area (Å²) in [4.78, 5) is 0. The summed E-state index contributed by atoms with van der Waals surface area (Å²) in [6.45, 7) is 6.69. The van der Waals surface area contributed by atoms with Crippen molar-refractivity contribution in [1.82, 2.24) is 0 Å². The summed E-state index contributed by atoms with van der Waals surface area (Å²) in [5.41, 5.74) is 0. The zero-order valence-electron chi connectivity index (χ0n) is 12.2. The number of rotatable bonds is 11. The molecular formula is C16H31N. The largest absolute Gasteiger partial charge is 0.198 e. The fraction of sp³-hybridized carbons (Fsp3) is 0.938. The normalized spacial score (nSPS) is 14.2. The van der Waals surface area contributed by atoms with Gasteiger partial charge in [0.25, 0.3) is 0 Å². The van der Waals surface area contributed by atoms with Crippen LogP contribution in [0.2, 0.25) is 0 Å². The highest BCUT2D eigenvalue weighted by molar-refractivity contribution is 4.77. The van der Waals surface area contributed by atoms with Crippen molar-refractivity contribution in [2.45, 2.75) is 85.0 Å². The van der Waals surface area contributed by atoms with Crippen LogP contribution < -0.4 is 0 Å². The summed E-state index contributed by atoms with van der Waals surface area (Å²) in [5, 5.41) is 8.66. The maximum atomic E-state index is 8.66. The molecule has 0 aliphatic rings. The molecule has 2 atom stereocenters. The summed E-state index contributed by atoms with van der Waals surface area (Å²) >= 11 is 0. The zero-order valence-corrected chi connectivity index (χ0v) is 12.2. The Kier molecular flexibility index (Phi) is 11.6. The Bertz CT molecular complexity index is 192. The molecular weight excluding hydrogens is 206 g/mol. The van der Waals surface area contributed by atoms with E-state index in [1.54, 1.807) is 0 Å². The van der Waals surface area contributed by atoms with E-state index in [-0.39, 0.29) is 5.92 Å². The molecule has 1 heteroatoms. The standard InChI is InChI=1S/C16H31N/c1-4-5-8-11-15(2)12-9-6-7-10-13-16(3)14-17/h15-16H,4-13H2,1-3H3. The van der Waals surface area contributed by atoms with Crippen LogP contribution in [-0.4, -0.2) is 0 Å². The fourth-order valence-corrected chi connectivity index (χ4v) is 2.25. The molecule has 0 aromatic heterocycles. The molecule has 0 aromatic carbocycles. The minimum absolute atomic E-state index is 0.253. The fourth-order valence-electron chi connectivity index (χ4n) is 2.25. The quantitative estimate of drug-likeness (QED) is 0.423. The Morgan fingerprint density at radius 1 is 0.824 bits per heavy atom. The van der Waals surface area contributed by atoms with E-state index in [0.717, 1.165) is 12.3 Å². The van der Waals surface area contributed by atoms with E-state index in [4.69, 9.17) is 5.26 Å². The maximum Gasteiger partial charge on any atom is 0.0652 e. The van der Waals surface area contributed by atoms with Crippen LogP contribution in [0.5, 0.6) is 0 Å². The Hall–Kier alpha value is -0.510. The van der Waals surface area contributed by atoms with Crippen LogP contribution in [0.3, 0.4) is 0 Å². The molecule has 0 spiro atoms. The van der Waals surface area contributed by atoms with Crippen molar-refractivity contribution in [3.63, 3.8) is 0 Å². The summed E-state index contributed by atoms with van der Waals surface area (Å²) in [6, 6.07) is 2.30. The predicted molar refractivity (Wildman–Crippen MR) is 75.8 cm³/mol. The lowest BCUT2D eigenvalue weighted by Gasteiger charge is -2.10. The molecule has 0 saturated heterocycles. The minimum Gasteiger partial charge on any atom is -0.198 e. The summed E-state index contributed by atoms with van der Waals surface area (Å²) in [6.07, 6.45) is 13.3.